The predicted molar refractivity (Wildman–Crippen MR) is 109 cm³/mol. The molecule has 1 aromatic rings. The molecular weight excluding hydrogens is 398 g/mol. The molecule has 162 valence electrons. The molecule has 0 saturated carbocycles. The summed E-state index contributed by atoms with van der Waals surface area (Å²) in [7, 11) is -1.86. The monoisotopic (exact) mass is 427 g/mol. The fourth-order valence-corrected chi connectivity index (χ4v) is 3.15. The molecule has 0 aromatic heterocycles. The molecule has 0 spiro atoms. The van der Waals surface area contributed by atoms with Crippen molar-refractivity contribution in [3.8, 4) is 23.3 Å². The van der Waals surface area contributed by atoms with Crippen LogP contribution in [0.5, 0.6) is 11.5 Å². The van der Waals surface area contributed by atoms with Crippen LogP contribution in [0.2, 0.25) is 0 Å². The minimum Gasteiger partial charge on any atom is -0.497 e. The molecule has 9 heteroatoms. The highest BCUT2D eigenvalue weighted by molar-refractivity contribution is 7.88. The van der Waals surface area contributed by atoms with E-state index in [0.29, 0.717) is 37.2 Å². The lowest BCUT2D eigenvalue weighted by molar-refractivity contribution is -0.137. The molecular formula is C20H29NO7S. The average molecular weight is 428 g/mol. The van der Waals surface area contributed by atoms with Crippen LogP contribution in [-0.2, 0) is 14.8 Å². The van der Waals surface area contributed by atoms with Gasteiger partial charge in [-0.05, 0) is 31.4 Å². The minimum atomic E-state index is -3.42. The summed E-state index contributed by atoms with van der Waals surface area (Å²) in [6, 6.07) is 7.05. The molecule has 0 bridgehead atoms. The van der Waals surface area contributed by atoms with Crippen molar-refractivity contribution in [3.05, 3.63) is 24.3 Å². The van der Waals surface area contributed by atoms with Crippen molar-refractivity contribution in [2.75, 3.05) is 33.1 Å². The zero-order valence-electron chi connectivity index (χ0n) is 16.8. The SMILES string of the molecule is COc1cccc(OCC(O)CCCN(CC#CCCCC(=O)O)S(C)(=O)=O)c1. The molecule has 2 N–H and O–H groups in total. The summed E-state index contributed by atoms with van der Waals surface area (Å²) in [5, 5.41) is 18.6. The largest absolute Gasteiger partial charge is 0.497 e. The Labute approximate surface area is 172 Å². The van der Waals surface area contributed by atoms with Crippen molar-refractivity contribution in [1.29, 1.82) is 0 Å². The first-order chi connectivity index (χ1) is 13.7. The van der Waals surface area contributed by atoms with Gasteiger partial charge in [0.2, 0.25) is 10.0 Å². The third-order valence-corrected chi connectivity index (χ3v) is 5.22. The topological polar surface area (TPSA) is 113 Å². The maximum absolute atomic E-state index is 11.9. The molecule has 0 fully saturated rings. The van der Waals surface area contributed by atoms with Gasteiger partial charge in [0.1, 0.15) is 18.1 Å². The Hall–Kier alpha value is -2.28. The molecule has 0 aliphatic carbocycles. The fraction of sp³-hybridized carbons (Fsp3) is 0.550. The van der Waals surface area contributed by atoms with Crippen molar-refractivity contribution in [2.45, 2.75) is 38.2 Å². The van der Waals surface area contributed by atoms with E-state index in [-0.39, 0.29) is 26.1 Å². The molecule has 0 heterocycles. The van der Waals surface area contributed by atoms with Crippen LogP contribution in [0.4, 0.5) is 0 Å². The number of aliphatic carboxylic acids is 1. The Kier molecular flexibility index (Phi) is 11.1. The lowest BCUT2D eigenvalue weighted by Gasteiger charge is -2.18. The molecule has 1 rings (SSSR count). The van der Waals surface area contributed by atoms with Crippen LogP contribution in [0.1, 0.15) is 32.1 Å². The third kappa shape index (κ3) is 11.3. The van der Waals surface area contributed by atoms with E-state index in [0.717, 1.165) is 6.26 Å². The average Bonchev–Trinajstić information content (AvgIpc) is 2.66. The summed E-state index contributed by atoms with van der Waals surface area (Å²) in [4.78, 5) is 10.4. The van der Waals surface area contributed by atoms with E-state index >= 15 is 0 Å². The molecule has 8 nitrogen and oxygen atoms in total. The van der Waals surface area contributed by atoms with Gasteiger partial charge < -0.3 is 19.7 Å². The Morgan fingerprint density at radius 3 is 2.62 bits per heavy atom. The molecule has 1 aromatic carbocycles. The zero-order chi connectivity index (χ0) is 21.7. The third-order valence-electron chi connectivity index (χ3n) is 3.97. The Balaban J connectivity index is 2.38. The second kappa shape index (κ2) is 13.0. The number of nitrogens with zero attached hydrogens (tertiary/aromatic N) is 1. The Bertz CT molecular complexity index is 799. The first-order valence-electron chi connectivity index (χ1n) is 9.30. The zero-order valence-corrected chi connectivity index (χ0v) is 17.7. The predicted octanol–water partition coefficient (Wildman–Crippen LogP) is 1.74. The van der Waals surface area contributed by atoms with Gasteiger partial charge in [-0.25, -0.2) is 8.42 Å². The number of methoxy groups -OCH3 is 1. The van der Waals surface area contributed by atoms with E-state index in [9.17, 15) is 18.3 Å². The molecule has 29 heavy (non-hydrogen) atoms. The number of aliphatic hydroxyl groups is 1. The number of carbonyl (C=O) groups is 1. The first kappa shape index (κ1) is 24.8. The number of ether oxygens (including phenoxy) is 2. The normalized spacial score (nSPS) is 12.1. The standard InChI is InChI=1S/C20H29NO7S/c1-27-18-10-7-11-19(15-18)28-16-17(22)9-8-14-21(29(2,25)26)13-6-4-3-5-12-20(23)24/h7,10-11,15,17,22H,3,5,8-9,12-14,16H2,1-2H3,(H,23,24). The molecule has 0 aliphatic heterocycles. The molecule has 1 atom stereocenters. The van der Waals surface area contributed by atoms with Gasteiger partial charge in [0, 0.05) is 25.5 Å². The number of rotatable bonds is 13. The van der Waals surface area contributed by atoms with E-state index in [1.165, 1.54) is 4.31 Å². The minimum absolute atomic E-state index is 0.0419. The smallest absolute Gasteiger partial charge is 0.303 e. The number of hydrogen-bond donors (Lipinski definition) is 2. The second-order valence-corrected chi connectivity index (χ2v) is 8.47. The highest BCUT2D eigenvalue weighted by atomic mass is 32.2. The van der Waals surface area contributed by atoms with Gasteiger partial charge in [-0.1, -0.05) is 12.0 Å². The number of carboxylic acids is 1. The summed E-state index contributed by atoms with van der Waals surface area (Å²) in [6.07, 6.45) is 2.09. The molecule has 0 radical (unpaired) electrons. The van der Waals surface area contributed by atoms with Crippen LogP contribution in [0, 0.1) is 11.8 Å². The lowest BCUT2D eigenvalue weighted by Crippen LogP contribution is -2.32. The molecule has 0 aliphatic rings. The first-order valence-corrected chi connectivity index (χ1v) is 11.1. The summed E-state index contributed by atoms with van der Waals surface area (Å²) in [6.45, 7) is 0.372. The van der Waals surface area contributed by atoms with Gasteiger partial charge in [0.25, 0.3) is 0 Å². The number of carboxylic acid groups (broad SMARTS) is 1. The number of sulfonamides is 1. The molecule has 0 saturated heterocycles. The van der Waals surface area contributed by atoms with Crippen LogP contribution < -0.4 is 9.47 Å². The Morgan fingerprint density at radius 2 is 1.97 bits per heavy atom. The van der Waals surface area contributed by atoms with Crippen molar-refractivity contribution >= 4 is 16.0 Å². The van der Waals surface area contributed by atoms with Crippen molar-refractivity contribution in [2.24, 2.45) is 0 Å². The maximum Gasteiger partial charge on any atom is 0.303 e. The van der Waals surface area contributed by atoms with Crippen molar-refractivity contribution in [3.63, 3.8) is 0 Å². The van der Waals surface area contributed by atoms with Gasteiger partial charge >= 0.3 is 5.97 Å². The number of hydrogen-bond acceptors (Lipinski definition) is 6. The van der Waals surface area contributed by atoms with Gasteiger partial charge in [-0.2, -0.15) is 4.31 Å². The highest BCUT2D eigenvalue weighted by Crippen LogP contribution is 2.19. The quantitative estimate of drug-likeness (QED) is 0.364. The van der Waals surface area contributed by atoms with E-state index < -0.39 is 22.1 Å². The van der Waals surface area contributed by atoms with Crippen LogP contribution in [-0.4, -0.2) is 68.1 Å². The number of benzene rings is 1. The van der Waals surface area contributed by atoms with Crippen molar-refractivity contribution < 1.29 is 32.9 Å². The van der Waals surface area contributed by atoms with Gasteiger partial charge in [0.15, 0.2) is 0 Å². The van der Waals surface area contributed by atoms with Gasteiger partial charge in [-0.15, -0.1) is 5.92 Å². The molecule has 1 unspecified atom stereocenters. The van der Waals surface area contributed by atoms with E-state index in [1.807, 2.05) is 0 Å². The summed E-state index contributed by atoms with van der Waals surface area (Å²) in [5.41, 5.74) is 0. The summed E-state index contributed by atoms with van der Waals surface area (Å²) >= 11 is 0. The van der Waals surface area contributed by atoms with Crippen LogP contribution in [0.25, 0.3) is 0 Å². The molecule has 0 amide bonds. The summed E-state index contributed by atoms with van der Waals surface area (Å²) < 4.78 is 35.6. The van der Waals surface area contributed by atoms with Gasteiger partial charge in [0.05, 0.1) is 26.0 Å². The number of unbranched alkanes of at least 4 members (excludes halogenated alkanes) is 1. The van der Waals surface area contributed by atoms with Crippen LogP contribution in [0.3, 0.4) is 0 Å². The number of aliphatic hydroxyl groups excluding tert-OH is 1. The van der Waals surface area contributed by atoms with E-state index in [1.54, 1.807) is 31.4 Å². The van der Waals surface area contributed by atoms with Crippen LogP contribution >= 0.6 is 0 Å². The maximum atomic E-state index is 11.9. The van der Waals surface area contributed by atoms with E-state index in [4.69, 9.17) is 14.6 Å². The van der Waals surface area contributed by atoms with Gasteiger partial charge in [-0.3, -0.25) is 4.79 Å². The highest BCUT2D eigenvalue weighted by Gasteiger charge is 2.16. The Morgan fingerprint density at radius 1 is 1.24 bits per heavy atom. The fourth-order valence-electron chi connectivity index (χ4n) is 2.39. The van der Waals surface area contributed by atoms with Crippen molar-refractivity contribution in [1.82, 2.24) is 4.31 Å². The summed E-state index contributed by atoms with van der Waals surface area (Å²) in [5.74, 6) is 5.92. The van der Waals surface area contributed by atoms with E-state index in [2.05, 4.69) is 11.8 Å². The second-order valence-electron chi connectivity index (χ2n) is 6.48. The van der Waals surface area contributed by atoms with Crippen LogP contribution in [0.15, 0.2) is 24.3 Å². The lowest BCUT2D eigenvalue weighted by atomic mass is 10.2.